The summed E-state index contributed by atoms with van der Waals surface area (Å²) in [6.07, 6.45) is -11.3. The van der Waals surface area contributed by atoms with Crippen molar-refractivity contribution in [2.45, 2.75) is 80.7 Å². The number of alkyl halides is 15. The van der Waals surface area contributed by atoms with Crippen molar-refractivity contribution in [1.82, 2.24) is 0 Å². The third-order valence-electron chi connectivity index (χ3n) is 5.00. The average Bonchev–Trinajstić information content (AvgIpc) is 2.65. The summed E-state index contributed by atoms with van der Waals surface area (Å²) in [4.78, 5) is 22.5. The summed E-state index contributed by atoms with van der Waals surface area (Å²) in [6.45, 7) is 1.43. The number of hydrogen-bond donors (Lipinski definition) is 2. The van der Waals surface area contributed by atoms with E-state index in [1.54, 1.807) is 0 Å². The highest BCUT2D eigenvalue weighted by Crippen LogP contribution is 2.65. The normalized spacial score (nSPS) is 15.3. The van der Waals surface area contributed by atoms with Gasteiger partial charge in [-0.1, -0.05) is 32.6 Å². The fourth-order valence-electron chi connectivity index (χ4n) is 2.78. The molecule has 0 bridgehead atoms. The Morgan fingerprint density at radius 2 is 0.829 bits per heavy atom. The minimum absolute atomic E-state index is 0.00966. The molecule has 4 nitrogen and oxygen atoms in total. The maximum absolute atomic E-state index is 14.5. The molecule has 2 N–H and O–H groups in total. The van der Waals surface area contributed by atoms with E-state index >= 15 is 0 Å². The van der Waals surface area contributed by atoms with Gasteiger partial charge >= 0.3 is 53.7 Å². The van der Waals surface area contributed by atoms with Crippen LogP contribution in [0.2, 0.25) is 0 Å². The van der Waals surface area contributed by atoms with Gasteiger partial charge in [-0.15, -0.1) is 0 Å². The molecule has 0 aliphatic carbocycles. The lowest BCUT2D eigenvalue weighted by molar-refractivity contribution is -0.456. The molecule has 0 heterocycles. The Hall–Kier alpha value is -2.11. The number of rotatable bonds is 13. The molecule has 0 amide bonds. The van der Waals surface area contributed by atoms with Gasteiger partial charge in [0.25, 0.3) is 0 Å². The molecule has 0 fully saturated rings. The third-order valence-corrected chi connectivity index (χ3v) is 5.00. The smallest absolute Gasteiger partial charge is 0.460 e. The molecule has 0 spiro atoms. The zero-order valence-electron chi connectivity index (χ0n) is 16.9. The first kappa shape index (κ1) is 32.9. The maximum atomic E-state index is 14.5. The lowest BCUT2D eigenvalue weighted by Gasteiger charge is -2.44. The van der Waals surface area contributed by atoms with Crippen molar-refractivity contribution in [3.05, 3.63) is 0 Å². The molecule has 0 radical (unpaired) electrons. The third kappa shape index (κ3) is 4.46. The van der Waals surface area contributed by atoms with Crippen LogP contribution >= 0.6 is 0 Å². The minimum atomic E-state index is -8.64. The highest BCUT2D eigenvalue weighted by atomic mass is 19.4. The van der Waals surface area contributed by atoms with Gasteiger partial charge in [0.1, 0.15) is 0 Å². The second-order valence-electron chi connectivity index (χ2n) is 7.27. The SMILES string of the molecule is CCCCCCC(C(=O)O)(C(=O)O)C(F)(F)C(F)(F)C(F)(F)C(F)(F)C(F)(F)C(F)(F)C(F)(F)F. The van der Waals surface area contributed by atoms with Crippen LogP contribution in [0.15, 0.2) is 0 Å². The summed E-state index contributed by atoms with van der Waals surface area (Å²) in [5.41, 5.74) is -5.43. The number of aliphatic carboxylic acids is 2. The molecule has 208 valence electrons. The van der Waals surface area contributed by atoms with Gasteiger partial charge in [-0.2, -0.15) is 65.9 Å². The van der Waals surface area contributed by atoms with E-state index in [-0.39, 0.29) is 12.8 Å². The summed E-state index contributed by atoms with van der Waals surface area (Å²) < 4.78 is 201. The summed E-state index contributed by atoms with van der Waals surface area (Å²) in [5, 5.41) is 17.7. The van der Waals surface area contributed by atoms with Crippen molar-refractivity contribution in [1.29, 1.82) is 0 Å². The van der Waals surface area contributed by atoms with Crippen molar-refractivity contribution in [2.24, 2.45) is 5.41 Å². The van der Waals surface area contributed by atoms with Crippen molar-refractivity contribution < 1.29 is 85.7 Å². The van der Waals surface area contributed by atoms with Crippen LogP contribution in [0.4, 0.5) is 65.9 Å². The van der Waals surface area contributed by atoms with Crippen LogP contribution < -0.4 is 0 Å². The van der Waals surface area contributed by atoms with Gasteiger partial charge in [-0.25, -0.2) is 0 Å². The van der Waals surface area contributed by atoms with E-state index in [0.717, 1.165) is 0 Å². The second kappa shape index (κ2) is 9.40. The summed E-state index contributed by atoms with van der Waals surface area (Å²) in [6, 6.07) is 0. The lowest BCUT2D eigenvalue weighted by atomic mass is 9.71. The van der Waals surface area contributed by atoms with E-state index in [1.807, 2.05) is 0 Å². The first-order valence-corrected chi connectivity index (χ1v) is 9.00. The Kier molecular flexibility index (Phi) is 8.84. The van der Waals surface area contributed by atoms with Crippen LogP contribution in [0.25, 0.3) is 0 Å². The standard InChI is InChI=1S/C16H15F15O4/c1-2-3-4-5-6-9(7(32)33,8(34)35)10(17,18)11(19,20)12(21,22)13(23,24)14(25,26)15(27,28)16(29,30)31/h2-6H2,1H3,(H,32,33)(H,34,35). The molecule has 35 heavy (non-hydrogen) atoms. The van der Waals surface area contributed by atoms with E-state index < -0.39 is 78.3 Å². The average molecular weight is 556 g/mol. The molecular weight excluding hydrogens is 541 g/mol. The highest BCUT2D eigenvalue weighted by Gasteiger charge is 2.95. The number of halogens is 15. The molecule has 0 aromatic carbocycles. The molecule has 0 aromatic heterocycles. The van der Waals surface area contributed by atoms with Crippen molar-refractivity contribution in [3.63, 3.8) is 0 Å². The summed E-state index contributed by atoms with van der Waals surface area (Å²) in [7, 11) is 0. The number of carbonyl (C=O) groups is 2. The fraction of sp³-hybridized carbons (Fsp3) is 0.875. The Morgan fingerprint density at radius 1 is 0.514 bits per heavy atom. The topological polar surface area (TPSA) is 74.6 Å². The Bertz CT molecular complexity index is 774. The number of carboxylic acids is 2. The lowest BCUT2D eigenvalue weighted by Crippen LogP contribution is -2.75. The fourth-order valence-corrected chi connectivity index (χ4v) is 2.78. The van der Waals surface area contributed by atoms with Gasteiger partial charge in [0.2, 0.25) is 5.41 Å². The Morgan fingerprint density at radius 3 is 1.11 bits per heavy atom. The molecule has 0 aromatic rings. The number of carboxylic acid groups (broad SMARTS) is 2. The quantitative estimate of drug-likeness (QED) is 0.155. The molecule has 0 aliphatic heterocycles. The van der Waals surface area contributed by atoms with Crippen molar-refractivity contribution >= 4 is 11.9 Å². The molecule has 0 atom stereocenters. The van der Waals surface area contributed by atoms with E-state index in [2.05, 4.69) is 0 Å². The molecule has 19 heteroatoms. The molecule has 0 saturated heterocycles. The monoisotopic (exact) mass is 556 g/mol. The van der Waals surface area contributed by atoms with Gasteiger partial charge in [0.05, 0.1) is 0 Å². The molecule has 0 rings (SSSR count). The van der Waals surface area contributed by atoms with Gasteiger partial charge < -0.3 is 10.2 Å². The van der Waals surface area contributed by atoms with E-state index in [0.29, 0.717) is 0 Å². The number of unbranched alkanes of at least 4 members (excludes halogenated alkanes) is 3. The Labute approximate surface area is 185 Å². The van der Waals surface area contributed by atoms with Gasteiger partial charge in [0.15, 0.2) is 0 Å². The van der Waals surface area contributed by atoms with Crippen LogP contribution in [0.5, 0.6) is 0 Å². The first-order chi connectivity index (χ1) is 15.2. The predicted molar refractivity (Wildman–Crippen MR) is 82.2 cm³/mol. The zero-order valence-corrected chi connectivity index (χ0v) is 16.9. The van der Waals surface area contributed by atoms with Crippen molar-refractivity contribution in [2.75, 3.05) is 0 Å². The van der Waals surface area contributed by atoms with Crippen LogP contribution in [0, 0.1) is 5.41 Å². The summed E-state index contributed by atoms with van der Waals surface area (Å²) >= 11 is 0. The molecular formula is C16H15F15O4. The van der Waals surface area contributed by atoms with Crippen LogP contribution in [0.3, 0.4) is 0 Å². The second-order valence-corrected chi connectivity index (χ2v) is 7.27. The van der Waals surface area contributed by atoms with Crippen LogP contribution in [0.1, 0.15) is 39.0 Å². The Balaban J connectivity index is 7.05. The van der Waals surface area contributed by atoms with E-state index in [4.69, 9.17) is 10.2 Å². The molecule has 0 unspecified atom stereocenters. The maximum Gasteiger partial charge on any atom is 0.460 e. The predicted octanol–water partition coefficient (Wildman–Crippen LogP) is 6.49. The van der Waals surface area contributed by atoms with E-state index in [1.165, 1.54) is 6.92 Å². The van der Waals surface area contributed by atoms with Crippen molar-refractivity contribution in [3.8, 4) is 0 Å². The number of hydrogen-bond acceptors (Lipinski definition) is 2. The van der Waals surface area contributed by atoms with Gasteiger partial charge in [-0.3, -0.25) is 9.59 Å². The highest BCUT2D eigenvalue weighted by molar-refractivity contribution is 5.99. The van der Waals surface area contributed by atoms with Crippen LogP contribution in [-0.2, 0) is 9.59 Å². The van der Waals surface area contributed by atoms with Gasteiger partial charge in [-0.05, 0) is 6.42 Å². The molecule has 0 saturated carbocycles. The summed E-state index contributed by atoms with van der Waals surface area (Å²) in [5.74, 6) is -56.7. The molecule has 0 aliphatic rings. The van der Waals surface area contributed by atoms with Crippen LogP contribution in [-0.4, -0.2) is 63.9 Å². The minimum Gasteiger partial charge on any atom is -0.480 e. The van der Waals surface area contributed by atoms with E-state index in [9.17, 15) is 75.4 Å². The largest absolute Gasteiger partial charge is 0.480 e. The van der Waals surface area contributed by atoms with Gasteiger partial charge in [0, 0.05) is 0 Å². The first-order valence-electron chi connectivity index (χ1n) is 9.00. The zero-order chi connectivity index (χ0) is 28.7.